The Morgan fingerprint density at radius 3 is 3.05 bits per heavy atom. The summed E-state index contributed by atoms with van der Waals surface area (Å²) in [7, 11) is 0. The van der Waals surface area contributed by atoms with Crippen molar-refractivity contribution < 1.29 is 9.90 Å². The van der Waals surface area contributed by atoms with Gasteiger partial charge < -0.3 is 16.2 Å². The highest BCUT2D eigenvalue weighted by atomic mass is 16.4. The molecule has 0 saturated carbocycles. The molecule has 7 nitrogen and oxygen atoms in total. The summed E-state index contributed by atoms with van der Waals surface area (Å²) < 4.78 is 1.78. The summed E-state index contributed by atoms with van der Waals surface area (Å²) in [6.45, 7) is 2.61. The Bertz CT molecular complexity index is 568. The molecular formula is C12H15N5O2. The number of carboxylic acids is 1. The summed E-state index contributed by atoms with van der Waals surface area (Å²) in [6.07, 6.45) is 4.90. The number of rotatable bonds is 5. The van der Waals surface area contributed by atoms with Gasteiger partial charge in [0, 0.05) is 18.4 Å². The van der Waals surface area contributed by atoms with Crippen molar-refractivity contribution in [2.24, 2.45) is 0 Å². The van der Waals surface area contributed by atoms with Crippen LogP contribution in [0.3, 0.4) is 0 Å². The van der Waals surface area contributed by atoms with Crippen molar-refractivity contribution in [1.29, 1.82) is 0 Å². The molecule has 2 rings (SSSR count). The lowest BCUT2D eigenvalue weighted by atomic mass is 10.2. The molecule has 0 spiro atoms. The van der Waals surface area contributed by atoms with Crippen LogP contribution in [0.5, 0.6) is 0 Å². The number of pyridine rings is 1. The second kappa shape index (κ2) is 5.38. The van der Waals surface area contributed by atoms with Gasteiger partial charge in [-0.1, -0.05) is 0 Å². The van der Waals surface area contributed by atoms with E-state index in [0.29, 0.717) is 12.4 Å². The highest BCUT2D eigenvalue weighted by Crippen LogP contribution is 2.15. The Kier molecular flexibility index (Phi) is 3.65. The van der Waals surface area contributed by atoms with E-state index in [1.807, 2.05) is 19.2 Å². The summed E-state index contributed by atoms with van der Waals surface area (Å²) in [4.78, 5) is 15.0. The average Bonchev–Trinajstić information content (AvgIpc) is 2.84. The van der Waals surface area contributed by atoms with E-state index < -0.39 is 5.97 Å². The molecule has 2 aromatic heterocycles. The lowest BCUT2D eigenvalue weighted by Gasteiger charge is -2.15. The van der Waals surface area contributed by atoms with E-state index in [2.05, 4.69) is 15.4 Å². The van der Waals surface area contributed by atoms with Gasteiger partial charge in [0.1, 0.15) is 5.82 Å². The van der Waals surface area contributed by atoms with Gasteiger partial charge in [-0.05, 0) is 19.1 Å². The Morgan fingerprint density at radius 2 is 2.42 bits per heavy atom. The minimum Gasteiger partial charge on any atom is -0.478 e. The molecule has 2 aromatic rings. The van der Waals surface area contributed by atoms with E-state index >= 15 is 0 Å². The highest BCUT2D eigenvalue weighted by molar-refractivity contribution is 5.94. The first-order chi connectivity index (χ1) is 9.06. The van der Waals surface area contributed by atoms with Gasteiger partial charge in [-0.2, -0.15) is 5.10 Å². The molecular weight excluding hydrogens is 246 g/mol. The molecule has 0 radical (unpaired) electrons. The minimum absolute atomic E-state index is 0.0452. The predicted molar refractivity (Wildman–Crippen MR) is 70.9 cm³/mol. The summed E-state index contributed by atoms with van der Waals surface area (Å²) >= 11 is 0. The van der Waals surface area contributed by atoms with Gasteiger partial charge in [0.05, 0.1) is 24.0 Å². The number of aromatic carboxylic acids is 1. The predicted octanol–water partition coefficient (Wildman–Crippen LogP) is 1.06. The van der Waals surface area contributed by atoms with E-state index in [9.17, 15) is 4.79 Å². The molecule has 0 saturated heterocycles. The van der Waals surface area contributed by atoms with Crippen molar-refractivity contribution in [2.75, 3.05) is 11.1 Å². The van der Waals surface area contributed by atoms with Crippen LogP contribution >= 0.6 is 0 Å². The molecule has 7 heteroatoms. The summed E-state index contributed by atoms with van der Waals surface area (Å²) in [5, 5.41) is 16.2. The lowest BCUT2D eigenvalue weighted by Crippen LogP contribution is -2.23. The quantitative estimate of drug-likeness (QED) is 0.743. The number of carbonyl (C=O) groups is 1. The zero-order valence-corrected chi connectivity index (χ0v) is 10.4. The van der Waals surface area contributed by atoms with Crippen molar-refractivity contribution in [3.63, 3.8) is 0 Å². The first kappa shape index (κ1) is 12.9. The molecule has 1 atom stereocenters. The Hall–Kier alpha value is -2.57. The normalized spacial score (nSPS) is 12.1. The molecule has 100 valence electrons. The Morgan fingerprint density at radius 1 is 1.63 bits per heavy atom. The monoisotopic (exact) mass is 261 g/mol. The van der Waals surface area contributed by atoms with Crippen molar-refractivity contribution >= 4 is 17.5 Å². The summed E-state index contributed by atoms with van der Waals surface area (Å²) in [5.74, 6) is -0.589. The molecule has 19 heavy (non-hydrogen) atoms. The third-order valence-corrected chi connectivity index (χ3v) is 2.58. The molecule has 2 heterocycles. The molecule has 4 N–H and O–H groups in total. The van der Waals surface area contributed by atoms with Crippen LogP contribution in [0.2, 0.25) is 0 Å². The van der Waals surface area contributed by atoms with Gasteiger partial charge in [-0.15, -0.1) is 0 Å². The molecule has 1 unspecified atom stereocenters. The van der Waals surface area contributed by atoms with Crippen LogP contribution in [0, 0.1) is 0 Å². The van der Waals surface area contributed by atoms with Crippen LogP contribution in [0.4, 0.5) is 11.5 Å². The van der Waals surface area contributed by atoms with E-state index in [-0.39, 0.29) is 17.3 Å². The standard InChI is InChI=1S/C12H15N5O2/c1-8(7-17-4-2-3-15-17)16-11-5-9(12(18)19)10(13)6-14-11/h2-6,8H,7,13H2,1H3,(H,14,16)(H,18,19). The van der Waals surface area contributed by atoms with Crippen molar-refractivity contribution in [3.8, 4) is 0 Å². The van der Waals surface area contributed by atoms with Crippen LogP contribution in [0.25, 0.3) is 0 Å². The topological polar surface area (TPSA) is 106 Å². The second-order valence-corrected chi connectivity index (χ2v) is 4.24. The highest BCUT2D eigenvalue weighted by Gasteiger charge is 2.11. The van der Waals surface area contributed by atoms with Gasteiger partial charge in [-0.3, -0.25) is 4.68 Å². The zero-order chi connectivity index (χ0) is 13.8. The van der Waals surface area contributed by atoms with Crippen molar-refractivity contribution in [1.82, 2.24) is 14.8 Å². The zero-order valence-electron chi connectivity index (χ0n) is 10.4. The number of nitrogens with two attached hydrogens (primary N) is 1. The number of carboxylic acid groups (broad SMARTS) is 1. The first-order valence-electron chi connectivity index (χ1n) is 5.79. The van der Waals surface area contributed by atoms with Crippen molar-refractivity contribution in [3.05, 3.63) is 36.3 Å². The molecule has 0 aliphatic rings. The molecule has 0 aromatic carbocycles. The van der Waals surface area contributed by atoms with E-state index in [0.717, 1.165) is 0 Å². The van der Waals surface area contributed by atoms with Crippen LogP contribution in [-0.2, 0) is 6.54 Å². The second-order valence-electron chi connectivity index (χ2n) is 4.24. The third kappa shape index (κ3) is 3.21. The summed E-state index contributed by atoms with van der Waals surface area (Å²) in [6, 6.07) is 3.33. The number of aromatic nitrogens is 3. The third-order valence-electron chi connectivity index (χ3n) is 2.58. The molecule has 0 aliphatic heterocycles. The maximum atomic E-state index is 11.0. The van der Waals surface area contributed by atoms with Crippen LogP contribution in [0.1, 0.15) is 17.3 Å². The fourth-order valence-corrected chi connectivity index (χ4v) is 1.72. The largest absolute Gasteiger partial charge is 0.478 e. The van der Waals surface area contributed by atoms with Crippen LogP contribution < -0.4 is 11.1 Å². The number of nitrogens with zero attached hydrogens (tertiary/aromatic N) is 3. The number of anilines is 2. The Balaban J connectivity index is 2.06. The van der Waals surface area contributed by atoms with E-state index in [4.69, 9.17) is 10.8 Å². The van der Waals surface area contributed by atoms with Gasteiger partial charge in [0.15, 0.2) is 0 Å². The van der Waals surface area contributed by atoms with Gasteiger partial charge in [-0.25, -0.2) is 9.78 Å². The smallest absolute Gasteiger partial charge is 0.337 e. The average molecular weight is 261 g/mol. The SMILES string of the molecule is CC(Cn1cccn1)Nc1cc(C(=O)O)c(N)cn1. The lowest BCUT2D eigenvalue weighted by molar-refractivity contribution is 0.0698. The minimum atomic E-state index is -1.07. The fraction of sp³-hybridized carbons (Fsp3) is 0.250. The first-order valence-corrected chi connectivity index (χ1v) is 5.79. The number of hydrogen-bond acceptors (Lipinski definition) is 5. The number of nitrogen functional groups attached to an aromatic ring is 1. The Labute approximate surface area is 110 Å². The molecule has 0 aliphatic carbocycles. The number of hydrogen-bond donors (Lipinski definition) is 3. The molecule has 0 fully saturated rings. The van der Waals surface area contributed by atoms with E-state index in [1.165, 1.54) is 12.3 Å². The van der Waals surface area contributed by atoms with E-state index in [1.54, 1.807) is 10.9 Å². The van der Waals surface area contributed by atoms with Gasteiger partial charge in [0.25, 0.3) is 0 Å². The van der Waals surface area contributed by atoms with Crippen LogP contribution in [-0.4, -0.2) is 31.9 Å². The number of nitrogens with one attached hydrogen (secondary N) is 1. The van der Waals surface area contributed by atoms with Gasteiger partial charge >= 0.3 is 5.97 Å². The van der Waals surface area contributed by atoms with Crippen molar-refractivity contribution in [2.45, 2.75) is 19.5 Å². The molecule has 0 bridgehead atoms. The maximum Gasteiger partial charge on any atom is 0.337 e. The van der Waals surface area contributed by atoms with Gasteiger partial charge in [0.2, 0.25) is 0 Å². The maximum absolute atomic E-state index is 11.0. The molecule has 0 amide bonds. The summed E-state index contributed by atoms with van der Waals surface area (Å²) in [5.41, 5.74) is 5.74. The fourth-order valence-electron chi connectivity index (χ4n) is 1.72. The van der Waals surface area contributed by atoms with Crippen LogP contribution in [0.15, 0.2) is 30.7 Å².